The summed E-state index contributed by atoms with van der Waals surface area (Å²) >= 11 is 0. The van der Waals surface area contributed by atoms with Gasteiger partial charge < -0.3 is 4.74 Å². The Balaban J connectivity index is 2.37. The maximum absolute atomic E-state index is 11.2. The van der Waals surface area contributed by atoms with Gasteiger partial charge in [0.1, 0.15) is 0 Å². The minimum Gasteiger partial charge on any atom is -0.465 e. The van der Waals surface area contributed by atoms with E-state index >= 15 is 0 Å². The molecular formula is C9H8N4O3. The molecule has 0 aliphatic carbocycles. The number of carbonyl (C=O) groups is 1. The van der Waals surface area contributed by atoms with Crippen molar-refractivity contribution in [1.29, 1.82) is 0 Å². The molecule has 0 aliphatic rings. The monoisotopic (exact) mass is 220 g/mol. The smallest absolute Gasteiger partial charge is 0.365 e. The number of aromatic nitrogens is 4. The highest BCUT2D eigenvalue weighted by Gasteiger charge is 2.06. The Morgan fingerprint density at radius 1 is 1.38 bits per heavy atom. The highest BCUT2D eigenvalue weighted by molar-refractivity contribution is 5.89. The molecule has 1 N–H and O–H groups in total. The molecule has 0 amide bonds. The number of hydrogen-bond acceptors (Lipinski definition) is 5. The molecule has 0 aliphatic heterocycles. The lowest BCUT2D eigenvalue weighted by atomic mass is 10.2. The Morgan fingerprint density at radius 2 is 2.06 bits per heavy atom. The minimum atomic E-state index is -0.439. The summed E-state index contributed by atoms with van der Waals surface area (Å²) in [5.74, 6) is -0.431. The quantitative estimate of drug-likeness (QED) is 0.704. The van der Waals surface area contributed by atoms with E-state index in [-0.39, 0.29) is 0 Å². The molecule has 2 rings (SSSR count). The van der Waals surface area contributed by atoms with Crippen LogP contribution in [0.25, 0.3) is 5.69 Å². The van der Waals surface area contributed by atoms with Gasteiger partial charge in [-0.2, -0.15) is 4.68 Å². The van der Waals surface area contributed by atoms with E-state index in [0.29, 0.717) is 11.3 Å². The number of methoxy groups -OCH3 is 1. The zero-order valence-electron chi connectivity index (χ0n) is 8.38. The van der Waals surface area contributed by atoms with Crippen LogP contribution in [-0.2, 0) is 4.74 Å². The van der Waals surface area contributed by atoms with Crippen LogP contribution < -0.4 is 5.69 Å². The Morgan fingerprint density at radius 3 is 2.56 bits per heavy atom. The van der Waals surface area contributed by atoms with Crippen LogP contribution in [0, 0.1) is 0 Å². The fourth-order valence-electron chi connectivity index (χ4n) is 1.22. The summed E-state index contributed by atoms with van der Waals surface area (Å²) < 4.78 is 5.63. The van der Waals surface area contributed by atoms with Crippen LogP contribution >= 0.6 is 0 Å². The number of ether oxygens (including phenoxy) is 1. The molecule has 0 unspecified atom stereocenters. The highest BCUT2D eigenvalue weighted by atomic mass is 16.5. The minimum absolute atomic E-state index is 0.405. The van der Waals surface area contributed by atoms with E-state index in [1.807, 2.05) is 0 Å². The number of rotatable bonds is 2. The Bertz CT molecular complexity index is 555. The Kier molecular flexibility index (Phi) is 2.50. The first-order chi connectivity index (χ1) is 7.72. The van der Waals surface area contributed by atoms with Crippen molar-refractivity contribution in [2.24, 2.45) is 0 Å². The van der Waals surface area contributed by atoms with Gasteiger partial charge in [-0.25, -0.2) is 14.7 Å². The molecular weight excluding hydrogens is 212 g/mol. The average molecular weight is 220 g/mol. The lowest BCUT2D eigenvalue weighted by Crippen LogP contribution is -2.16. The zero-order chi connectivity index (χ0) is 11.5. The molecule has 7 nitrogen and oxygen atoms in total. The SMILES string of the molecule is COC(=O)c1ccc(-n2nn[nH]c2=O)cc1. The van der Waals surface area contributed by atoms with Crippen molar-refractivity contribution in [3.8, 4) is 5.69 Å². The zero-order valence-corrected chi connectivity index (χ0v) is 8.38. The van der Waals surface area contributed by atoms with Gasteiger partial charge in [-0.05, 0) is 34.7 Å². The Hall–Kier alpha value is -2.44. The predicted molar refractivity (Wildman–Crippen MR) is 53.3 cm³/mol. The van der Waals surface area contributed by atoms with Crippen molar-refractivity contribution >= 4 is 5.97 Å². The number of carbonyl (C=O) groups excluding carboxylic acids is 1. The van der Waals surface area contributed by atoms with Gasteiger partial charge in [0.05, 0.1) is 18.4 Å². The largest absolute Gasteiger partial charge is 0.465 e. The second-order valence-electron chi connectivity index (χ2n) is 2.96. The van der Waals surface area contributed by atoms with Crippen LogP contribution in [0.5, 0.6) is 0 Å². The second kappa shape index (κ2) is 3.97. The fourth-order valence-corrected chi connectivity index (χ4v) is 1.22. The van der Waals surface area contributed by atoms with Crippen molar-refractivity contribution in [3.63, 3.8) is 0 Å². The summed E-state index contributed by atoms with van der Waals surface area (Å²) in [5, 5.41) is 9.09. The Labute approximate surface area is 89.6 Å². The van der Waals surface area contributed by atoms with Gasteiger partial charge in [0.25, 0.3) is 0 Å². The number of esters is 1. The third-order valence-electron chi connectivity index (χ3n) is 2.01. The fraction of sp³-hybridized carbons (Fsp3) is 0.111. The van der Waals surface area contributed by atoms with E-state index in [4.69, 9.17) is 0 Å². The number of hydrogen-bond donors (Lipinski definition) is 1. The average Bonchev–Trinajstić information content (AvgIpc) is 2.75. The topological polar surface area (TPSA) is 89.9 Å². The molecule has 7 heteroatoms. The highest BCUT2D eigenvalue weighted by Crippen LogP contribution is 2.07. The van der Waals surface area contributed by atoms with Gasteiger partial charge in [-0.1, -0.05) is 0 Å². The van der Waals surface area contributed by atoms with E-state index in [2.05, 4.69) is 20.3 Å². The maximum atomic E-state index is 11.2. The van der Waals surface area contributed by atoms with Gasteiger partial charge in [0.2, 0.25) is 0 Å². The van der Waals surface area contributed by atoms with Crippen LogP contribution in [0.4, 0.5) is 0 Å². The van der Waals surface area contributed by atoms with Gasteiger partial charge in [0, 0.05) is 0 Å². The summed E-state index contributed by atoms with van der Waals surface area (Å²) in [6.45, 7) is 0. The van der Waals surface area contributed by atoms with Crippen molar-refractivity contribution in [3.05, 3.63) is 40.3 Å². The molecule has 0 bridgehead atoms. The van der Waals surface area contributed by atoms with Crippen LogP contribution in [0.1, 0.15) is 10.4 Å². The lowest BCUT2D eigenvalue weighted by Gasteiger charge is -2.00. The molecule has 0 fully saturated rings. The molecule has 0 radical (unpaired) electrons. The van der Waals surface area contributed by atoms with Gasteiger partial charge in [0.15, 0.2) is 0 Å². The van der Waals surface area contributed by atoms with E-state index in [1.165, 1.54) is 7.11 Å². The number of tetrazole rings is 1. The molecule has 1 aromatic carbocycles. The first-order valence-corrected chi connectivity index (χ1v) is 4.41. The number of aromatic amines is 1. The van der Waals surface area contributed by atoms with Crippen molar-refractivity contribution in [2.75, 3.05) is 7.11 Å². The van der Waals surface area contributed by atoms with E-state index in [9.17, 15) is 9.59 Å². The first kappa shape index (κ1) is 10.1. The number of H-pyrrole nitrogens is 1. The van der Waals surface area contributed by atoms with E-state index in [0.717, 1.165) is 4.68 Å². The number of nitrogens with zero attached hydrogens (tertiary/aromatic N) is 3. The molecule has 16 heavy (non-hydrogen) atoms. The molecule has 0 atom stereocenters. The molecule has 1 heterocycles. The van der Waals surface area contributed by atoms with Gasteiger partial charge in [-0.3, -0.25) is 0 Å². The summed E-state index contributed by atoms with van der Waals surface area (Å²) in [6.07, 6.45) is 0. The number of nitrogens with one attached hydrogen (secondary N) is 1. The normalized spacial score (nSPS) is 10.1. The predicted octanol–water partition coefficient (Wildman–Crippen LogP) is -0.258. The van der Waals surface area contributed by atoms with E-state index in [1.54, 1.807) is 24.3 Å². The van der Waals surface area contributed by atoms with Gasteiger partial charge >= 0.3 is 11.7 Å². The summed E-state index contributed by atoms with van der Waals surface area (Å²) in [6, 6.07) is 6.25. The summed E-state index contributed by atoms with van der Waals surface area (Å²) in [7, 11) is 1.30. The van der Waals surface area contributed by atoms with Crippen LogP contribution in [0.2, 0.25) is 0 Å². The third kappa shape index (κ3) is 1.70. The molecule has 0 spiro atoms. The number of benzene rings is 1. The summed E-state index contributed by atoms with van der Waals surface area (Å²) in [4.78, 5) is 22.3. The van der Waals surface area contributed by atoms with Crippen molar-refractivity contribution in [2.45, 2.75) is 0 Å². The van der Waals surface area contributed by atoms with Crippen LogP contribution in [-0.4, -0.2) is 33.3 Å². The van der Waals surface area contributed by atoms with Crippen LogP contribution in [0.3, 0.4) is 0 Å². The standard InChI is InChI=1S/C9H8N4O3/c1-16-8(14)6-2-4-7(5-3-6)13-9(15)10-11-12-13/h2-5H,1H3,(H,10,12,15). The van der Waals surface area contributed by atoms with Gasteiger partial charge in [-0.15, -0.1) is 0 Å². The molecule has 0 saturated heterocycles. The first-order valence-electron chi connectivity index (χ1n) is 4.41. The summed E-state index contributed by atoms with van der Waals surface area (Å²) in [5.41, 5.74) is 0.486. The third-order valence-corrected chi connectivity index (χ3v) is 2.01. The molecule has 82 valence electrons. The van der Waals surface area contributed by atoms with Crippen LogP contribution in [0.15, 0.2) is 29.1 Å². The van der Waals surface area contributed by atoms with Crippen molar-refractivity contribution in [1.82, 2.24) is 20.2 Å². The van der Waals surface area contributed by atoms with Crippen molar-refractivity contribution < 1.29 is 9.53 Å². The lowest BCUT2D eigenvalue weighted by molar-refractivity contribution is 0.0601. The maximum Gasteiger partial charge on any atom is 0.365 e. The van der Waals surface area contributed by atoms with E-state index < -0.39 is 11.7 Å². The molecule has 2 aromatic rings. The molecule has 1 aromatic heterocycles. The molecule has 0 saturated carbocycles. The second-order valence-corrected chi connectivity index (χ2v) is 2.96.